The minimum atomic E-state index is -0.154. The van der Waals surface area contributed by atoms with Gasteiger partial charge in [-0.25, -0.2) is 4.39 Å². The molecule has 0 aliphatic rings. The third-order valence-electron chi connectivity index (χ3n) is 2.25. The number of nitrogens with one attached hydrogen (secondary N) is 1. The van der Waals surface area contributed by atoms with Crippen molar-refractivity contribution < 1.29 is 4.39 Å². The molecule has 0 fully saturated rings. The minimum absolute atomic E-state index is 0.154. The molecule has 0 spiro atoms. The van der Waals surface area contributed by atoms with Gasteiger partial charge in [-0.2, -0.15) is 0 Å². The summed E-state index contributed by atoms with van der Waals surface area (Å²) in [6, 6.07) is 7.29. The van der Waals surface area contributed by atoms with E-state index >= 15 is 0 Å². The third-order valence-corrected chi connectivity index (χ3v) is 2.25. The maximum Gasteiger partial charge on any atom is 0.123 e. The van der Waals surface area contributed by atoms with E-state index in [0.29, 0.717) is 12.0 Å². The Kier molecular flexibility index (Phi) is 4.08. The number of rotatable bonds is 4. The Labute approximate surface area is 85.3 Å². The molecule has 14 heavy (non-hydrogen) atoms. The van der Waals surface area contributed by atoms with Crippen molar-refractivity contribution in [2.24, 2.45) is 0 Å². The van der Waals surface area contributed by atoms with Crippen molar-refractivity contribution in [3.63, 3.8) is 0 Å². The zero-order valence-corrected chi connectivity index (χ0v) is 9.05. The molecule has 1 nitrogen and oxygen atoms in total. The molecule has 1 aromatic carbocycles. The molecule has 0 bridgehead atoms. The van der Waals surface area contributed by atoms with Crippen LogP contribution in [0.2, 0.25) is 0 Å². The Balaban J connectivity index is 2.56. The van der Waals surface area contributed by atoms with Gasteiger partial charge < -0.3 is 5.32 Å². The largest absolute Gasteiger partial charge is 0.314 e. The molecule has 0 radical (unpaired) electrons. The molecule has 0 aromatic heterocycles. The number of hydrogen-bond donors (Lipinski definition) is 1. The highest BCUT2D eigenvalue weighted by atomic mass is 19.1. The lowest BCUT2D eigenvalue weighted by molar-refractivity contribution is 0.545. The molecule has 1 N–H and O–H groups in total. The van der Waals surface area contributed by atoms with Crippen LogP contribution in [0.15, 0.2) is 24.3 Å². The second-order valence-corrected chi connectivity index (χ2v) is 4.02. The molecule has 0 saturated carbocycles. The van der Waals surface area contributed by atoms with Crippen molar-refractivity contribution >= 4 is 0 Å². The van der Waals surface area contributed by atoms with E-state index in [1.165, 1.54) is 6.07 Å². The predicted octanol–water partition coefficient (Wildman–Crippen LogP) is 2.93. The summed E-state index contributed by atoms with van der Waals surface area (Å²) in [5, 5.41) is 3.34. The minimum Gasteiger partial charge on any atom is -0.314 e. The summed E-state index contributed by atoms with van der Waals surface area (Å²) in [4.78, 5) is 0. The number of halogens is 1. The fraction of sp³-hybridized carbons (Fsp3) is 0.500. The van der Waals surface area contributed by atoms with Gasteiger partial charge in [-0.3, -0.25) is 0 Å². The zero-order chi connectivity index (χ0) is 10.6. The predicted molar refractivity (Wildman–Crippen MR) is 58.0 cm³/mol. The van der Waals surface area contributed by atoms with Gasteiger partial charge in [0, 0.05) is 12.6 Å². The Morgan fingerprint density at radius 1 is 1.29 bits per heavy atom. The Bertz CT molecular complexity index is 283. The van der Waals surface area contributed by atoms with Gasteiger partial charge in [0.1, 0.15) is 5.82 Å². The molecular formula is C12H18FN. The van der Waals surface area contributed by atoms with Crippen LogP contribution in [-0.2, 0) is 0 Å². The van der Waals surface area contributed by atoms with Gasteiger partial charge in [0.05, 0.1) is 0 Å². The van der Waals surface area contributed by atoms with E-state index in [4.69, 9.17) is 0 Å². The van der Waals surface area contributed by atoms with Gasteiger partial charge in [0.25, 0.3) is 0 Å². The van der Waals surface area contributed by atoms with Crippen LogP contribution in [0, 0.1) is 5.82 Å². The summed E-state index contributed by atoms with van der Waals surface area (Å²) < 4.78 is 12.9. The molecule has 1 unspecified atom stereocenters. The summed E-state index contributed by atoms with van der Waals surface area (Å²) in [6.07, 6.45) is 0. The Morgan fingerprint density at radius 3 is 2.57 bits per heavy atom. The molecule has 1 aromatic rings. The van der Waals surface area contributed by atoms with Crippen molar-refractivity contribution in [2.45, 2.75) is 32.7 Å². The van der Waals surface area contributed by atoms with Crippen LogP contribution >= 0.6 is 0 Å². The van der Waals surface area contributed by atoms with Gasteiger partial charge in [-0.1, -0.05) is 32.9 Å². The van der Waals surface area contributed by atoms with Crippen molar-refractivity contribution in [1.29, 1.82) is 0 Å². The summed E-state index contributed by atoms with van der Waals surface area (Å²) in [5.41, 5.74) is 1.05. The van der Waals surface area contributed by atoms with Crippen LogP contribution in [0.1, 0.15) is 32.3 Å². The van der Waals surface area contributed by atoms with E-state index in [9.17, 15) is 4.39 Å². The molecule has 1 atom stereocenters. The van der Waals surface area contributed by atoms with E-state index in [1.807, 2.05) is 6.07 Å². The van der Waals surface area contributed by atoms with E-state index in [1.54, 1.807) is 12.1 Å². The highest BCUT2D eigenvalue weighted by Crippen LogP contribution is 2.15. The molecule has 0 aliphatic carbocycles. The highest BCUT2D eigenvalue weighted by molar-refractivity contribution is 5.20. The first kappa shape index (κ1) is 11.2. The smallest absolute Gasteiger partial charge is 0.123 e. The van der Waals surface area contributed by atoms with Crippen LogP contribution in [0.4, 0.5) is 4.39 Å². The SMILES string of the molecule is CC(C)NCC(C)c1cccc(F)c1. The third kappa shape index (κ3) is 3.46. The van der Waals surface area contributed by atoms with Gasteiger partial charge in [0.2, 0.25) is 0 Å². The van der Waals surface area contributed by atoms with Crippen LogP contribution in [0.25, 0.3) is 0 Å². The van der Waals surface area contributed by atoms with Crippen LogP contribution < -0.4 is 5.32 Å². The van der Waals surface area contributed by atoms with Crippen LogP contribution in [0.5, 0.6) is 0 Å². The fourth-order valence-corrected chi connectivity index (χ4v) is 1.34. The topological polar surface area (TPSA) is 12.0 Å². The normalized spacial score (nSPS) is 13.2. The standard InChI is InChI=1S/C12H18FN/c1-9(2)14-8-10(3)11-5-4-6-12(13)7-11/h4-7,9-10,14H,8H2,1-3H3. The monoisotopic (exact) mass is 195 g/mol. The van der Waals surface area contributed by atoms with E-state index in [0.717, 1.165) is 12.1 Å². The highest BCUT2D eigenvalue weighted by Gasteiger charge is 2.06. The van der Waals surface area contributed by atoms with Gasteiger partial charge in [-0.15, -0.1) is 0 Å². The molecule has 0 amide bonds. The first-order chi connectivity index (χ1) is 6.59. The molecular weight excluding hydrogens is 177 g/mol. The molecule has 0 heterocycles. The van der Waals surface area contributed by atoms with E-state index in [2.05, 4.69) is 26.1 Å². The van der Waals surface area contributed by atoms with Gasteiger partial charge in [0.15, 0.2) is 0 Å². The second kappa shape index (κ2) is 5.11. The lowest BCUT2D eigenvalue weighted by atomic mass is 10.0. The average Bonchev–Trinajstić information content (AvgIpc) is 2.14. The van der Waals surface area contributed by atoms with Gasteiger partial charge in [-0.05, 0) is 23.6 Å². The first-order valence-corrected chi connectivity index (χ1v) is 5.08. The van der Waals surface area contributed by atoms with E-state index < -0.39 is 0 Å². The summed E-state index contributed by atoms with van der Waals surface area (Å²) in [5.74, 6) is 0.201. The van der Waals surface area contributed by atoms with Crippen molar-refractivity contribution in [2.75, 3.05) is 6.54 Å². The Morgan fingerprint density at radius 2 is 2.00 bits per heavy atom. The fourth-order valence-electron chi connectivity index (χ4n) is 1.34. The van der Waals surface area contributed by atoms with Crippen molar-refractivity contribution in [3.05, 3.63) is 35.6 Å². The van der Waals surface area contributed by atoms with Gasteiger partial charge >= 0.3 is 0 Å². The molecule has 2 heteroatoms. The Hall–Kier alpha value is -0.890. The van der Waals surface area contributed by atoms with Crippen LogP contribution in [0.3, 0.4) is 0 Å². The lowest BCUT2D eigenvalue weighted by Crippen LogP contribution is -2.26. The first-order valence-electron chi connectivity index (χ1n) is 5.08. The summed E-state index contributed by atoms with van der Waals surface area (Å²) in [6.45, 7) is 7.21. The van der Waals surface area contributed by atoms with Crippen LogP contribution in [-0.4, -0.2) is 12.6 Å². The lowest BCUT2D eigenvalue weighted by Gasteiger charge is -2.15. The molecule has 78 valence electrons. The summed E-state index contributed by atoms with van der Waals surface area (Å²) in [7, 11) is 0. The maximum absolute atomic E-state index is 12.9. The number of benzene rings is 1. The molecule has 0 saturated heterocycles. The molecule has 0 aliphatic heterocycles. The number of hydrogen-bond acceptors (Lipinski definition) is 1. The van der Waals surface area contributed by atoms with Crippen molar-refractivity contribution in [3.8, 4) is 0 Å². The maximum atomic E-state index is 12.9. The summed E-state index contributed by atoms with van der Waals surface area (Å²) >= 11 is 0. The van der Waals surface area contributed by atoms with Crippen molar-refractivity contribution in [1.82, 2.24) is 5.32 Å². The average molecular weight is 195 g/mol. The molecule has 1 rings (SSSR count). The second-order valence-electron chi connectivity index (χ2n) is 4.02. The van der Waals surface area contributed by atoms with E-state index in [-0.39, 0.29) is 5.82 Å². The zero-order valence-electron chi connectivity index (χ0n) is 9.05. The quantitative estimate of drug-likeness (QED) is 0.779.